The molecular formula is C20H29NO4. The van der Waals surface area contributed by atoms with E-state index < -0.39 is 0 Å². The van der Waals surface area contributed by atoms with Crippen LogP contribution in [0.1, 0.15) is 38.2 Å². The lowest BCUT2D eigenvalue weighted by Gasteiger charge is -2.34. The molecule has 1 aromatic carbocycles. The van der Waals surface area contributed by atoms with Crippen molar-refractivity contribution >= 4 is 5.91 Å². The highest BCUT2D eigenvalue weighted by Crippen LogP contribution is 2.50. The summed E-state index contributed by atoms with van der Waals surface area (Å²) in [4.78, 5) is 15.1. The van der Waals surface area contributed by atoms with E-state index in [1.54, 1.807) is 7.11 Å². The summed E-state index contributed by atoms with van der Waals surface area (Å²) in [6.07, 6.45) is 3.97. The third-order valence-electron chi connectivity index (χ3n) is 5.32. The van der Waals surface area contributed by atoms with Crippen LogP contribution in [0.3, 0.4) is 0 Å². The molecule has 5 heteroatoms. The zero-order valence-electron chi connectivity index (χ0n) is 15.3. The molecule has 0 N–H and O–H groups in total. The largest absolute Gasteiger partial charge is 0.497 e. The van der Waals surface area contributed by atoms with Crippen molar-refractivity contribution < 1.29 is 19.0 Å². The smallest absolute Gasteiger partial charge is 0.233 e. The maximum absolute atomic E-state index is 13.1. The Hall–Kier alpha value is -1.59. The van der Waals surface area contributed by atoms with Crippen molar-refractivity contribution in [3.8, 4) is 5.75 Å². The number of hydrogen-bond donors (Lipinski definition) is 0. The molecule has 1 amide bonds. The van der Waals surface area contributed by atoms with Gasteiger partial charge in [0, 0.05) is 19.7 Å². The summed E-state index contributed by atoms with van der Waals surface area (Å²) in [5.41, 5.74) is 0.822. The number of hydrogen-bond acceptors (Lipinski definition) is 4. The van der Waals surface area contributed by atoms with Crippen molar-refractivity contribution in [1.82, 2.24) is 4.90 Å². The first-order valence-electron chi connectivity index (χ1n) is 9.33. The van der Waals surface area contributed by atoms with Gasteiger partial charge in [0.05, 0.1) is 31.8 Å². The number of ether oxygens (including phenoxy) is 3. The Kier molecular flexibility index (Phi) is 5.97. The highest BCUT2D eigenvalue weighted by Gasteiger charge is 2.53. The van der Waals surface area contributed by atoms with Crippen LogP contribution in [0.4, 0.5) is 0 Å². The second-order valence-electron chi connectivity index (χ2n) is 6.87. The van der Waals surface area contributed by atoms with Crippen molar-refractivity contribution in [1.29, 1.82) is 0 Å². The molecule has 1 aromatic rings. The Morgan fingerprint density at radius 3 is 2.40 bits per heavy atom. The van der Waals surface area contributed by atoms with Gasteiger partial charge >= 0.3 is 0 Å². The van der Waals surface area contributed by atoms with Crippen molar-refractivity contribution in [3.63, 3.8) is 0 Å². The van der Waals surface area contributed by atoms with Crippen LogP contribution in [-0.2, 0) is 19.7 Å². The van der Waals surface area contributed by atoms with Gasteiger partial charge in [0.25, 0.3) is 0 Å². The average molecular weight is 347 g/mol. The molecule has 0 radical (unpaired) electrons. The number of carbonyl (C=O) groups excluding carboxylic acids is 1. The van der Waals surface area contributed by atoms with E-state index in [0.717, 1.165) is 56.7 Å². The molecule has 1 aliphatic heterocycles. The molecule has 2 aliphatic rings. The highest BCUT2D eigenvalue weighted by atomic mass is 16.5. The molecule has 1 heterocycles. The number of rotatable bonds is 8. The lowest BCUT2D eigenvalue weighted by Crippen LogP contribution is -2.45. The summed E-state index contributed by atoms with van der Waals surface area (Å²) in [5.74, 6) is 1.11. The van der Waals surface area contributed by atoms with Gasteiger partial charge < -0.3 is 19.1 Å². The minimum absolute atomic E-state index is 0.251. The zero-order chi connectivity index (χ0) is 17.7. The fourth-order valence-corrected chi connectivity index (χ4v) is 3.61. The van der Waals surface area contributed by atoms with Gasteiger partial charge in [-0.2, -0.15) is 0 Å². The number of carbonyl (C=O) groups is 1. The summed E-state index contributed by atoms with van der Waals surface area (Å²) in [6.45, 7) is 5.58. The molecule has 1 saturated heterocycles. The molecule has 2 fully saturated rings. The number of nitrogens with zero attached hydrogens (tertiary/aromatic N) is 1. The molecule has 138 valence electrons. The first-order valence-corrected chi connectivity index (χ1v) is 9.33. The summed E-state index contributed by atoms with van der Waals surface area (Å²) in [7, 11) is 1.66. The van der Waals surface area contributed by atoms with Crippen LogP contribution >= 0.6 is 0 Å². The standard InChI is InChI=1S/C20H29NO4/c1-3-24-14-15-25-18-8-12-21(13-9-18)19(22)20(10-11-20)16-4-6-17(23-2)7-5-16/h4-7,18H,3,8-15H2,1-2H3. The van der Waals surface area contributed by atoms with E-state index >= 15 is 0 Å². The predicted octanol–water partition coefficient (Wildman–Crippen LogP) is 2.77. The second kappa shape index (κ2) is 8.19. The van der Waals surface area contributed by atoms with Crippen molar-refractivity contribution in [2.75, 3.05) is 40.0 Å². The third kappa shape index (κ3) is 4.15. The summed E-state index contributed by atoms with van der Waals surface area (Å²) < 4.78 is 16.4. The van der Waals surface area contributed by atoms with Crippen molar-refractivity contribution in [3.05, 3.63) is 29.8 Å². The van der Waals surface area contributed by atoms with Crippen LogP contribution in [0, 0.1) is 0 Å². The first-order chi connectivity index (χ1) is 12.2. The van der Waals surface area contributed by atoms with Gasteiger partial charge in [-0.25, -0.2) is 0 Å². The van der Waals surface area contributed by atoms with E-state index in [0.29, 0.717) is 13.2 Å². The molecule has 0 spiro atoms. The zero-order valence-corrected chi connectivity index (χ0v) is 15.3. The van der Waals surface area contributed by atoms with E-state index in [4.69, 9.17) is 14.2 Å². The third-order valence-corrected chi connectivity index (χ3v) is 5.32. The fraction of sp³-hybridized carbons (Fsp3) is 0.650. The van der Waals surface area contributed by atoms with E-state index in [2.05, 4.69) is 0 Å². The SMILES string of the molecule is CCOCCOC1CCN(C(=O)C2(c3ccc(OC)cc3)CC2)CC1. The lowest BCUT2D eigenvalue weighted by atomic mass is 9.93. The minimum Gasteiger partial charge on any atom is -0.497 e. The normalized spacial score (nSPS) is 19.7. The molecule has 1 saturated carbocycles. The first kappa shape index (κ1) is 18.2. The van der Waals surface area contributed by atoms with Gasteiger partial charge in [-0.05, 0) is 50.3 Å². The van der Waals surface area contributed by atoms with Crippen LogP contribution in [0.15, 0.2) is 24.3 Å². The van der Waals surface area contributed by atoms with Crippen LogP contribution < -0.4 is 4.74 Å². The number of piperidine rings is 1. The summed E-state index contributed by atoms with van der Waals surface area (Å²) in [6, 6.07) is 7.96. The molecule has 0 aromatic heterocycles. The second-order valence-corrected chi connectivity index (χ2v) is 6.87. The maximum atomic E-state index is 13.1. The quantitative estimate of drug-likeness (QED) is 0.679. The molecule has 0 bridgehead atoms. The van der Waals surface area contributed by atoms with Gasteiger partial charge in [0.2, 0.25) is 5.91 Å². The fourth-order valence-electron chi connectivity index (χ4n) is 3.61. The van der Waals surface area contributed by atoms with Gasteiger partial charge in [0.1, 0.15) is 5.75 Å². The number of likely N-dealkylation sites (tertiary alicyclic amines) is 1. The number of amides is 1. The highest BCUT2D eigenvalue weighted by molar-refractivity contribution is 5.91. The molecule has 0 unspecified atom stereocenters. The maximum Gasteiger partial charge on any atom is 0.233 e. The summed E-state index contributed by atoms with van der Waals surface area (Å²) >= 11 is 0. The molecule has 1 aliphatic carbocycles. The Morgan fingerprint density at radius 1 is 1.16 bits per heavy atom. The molecule has 5 nitrogen and oxygen atoms in total. The molecular weight excluding hydrogens is 318 g/mol. The van der Waals surface area contributed by atoms with Crippen molar-refractivity contribution in [2.45, 2.75) is 44.1 Å². The minimum atomic E-state index is -0.297. The van der Waals surface area contributed by atoms with E-state index in [1.807, 2.05) is 36.1 Å². The Balaban J connectivity index is 1.52. The van der Waals surface area contributed by atoms with Gasteiger partial charge in [-0.3, -0.25) is 4.79 Å². The van der Waals surface area contributed by atoms with Crippen molar-refractivity contribution in [2.24, 2.45) is 0 Å². The topological polar surface area (TPSA) is 48.0 Å². The Labute approximate surface area is 150 Å². The van der Waals surface area contributed by atoms with E-state index in [1.165, 1.54) is 0 Å². The average Bonchev–Trinajstić information content (AvgIpc) is 3.47. The van der Waals surface area contributed by atoms with Gasteiger partial charge in [-0.15, -0.1) is 0 Å². The Bertz CT molecular complexity index is 560. The Morgan fingerprint density at radius 2 is 1.84 bits per heavy atom. The van der Waals surface area contributed by atoms with Crippen LogP contribution in [0.5, 0.6) is 5.75 Å². The number of methoxy groups -OCH3 is 1. The van der Waals surface area contributed by atoms with Gasteiger partial charge in [0.15, 0.2) is 0 Å². The lowest BCUT2D eigenvalue weighted by molar-refractivity contribution is -0.136. The predicted molar refractivity (Wildman–Crippen MR) is 96.0 cm³/mol. The molecule has 0 atom stereocenters. The molecule has 3 rings (SSSR count). The van der Waals surface area contributed by atoms with Gasteiger partial charge in [-0.1, -0.05) is 12.1 Å². The van der Waals surface area contributed by atoms with Crippen LogP contribution in [0.2, 0.25) is 0 Å². The molecule has 25 heavy (non-hydrogen) atoms. The van der Waals surface area contributed by atoms with E-state index in [9.17, 15) is 4.79 Å². The summed E-state index contributed by atoms with van der Waals surface area (Å²) in [5, 5.41) is 0. The van der Waals surface area contributed by atoms with Crippen LogP contribution in [-0.4, -0.2) is 56.9 Å². The number of benzene rings is 1. The van der Waals surface area contributed by atoms with Crippen LogP contribution in [0.25, 0.3) is 0 Å². The van der Waals surface area contributed by atoms with E-state index in [-0.39, 0.29) is 17.4 Å². The monoisotopic (exact) mass is 347 g/mol.